The van der Waals surface area contributed by atoms with Crippen LogP contribution in [0.1, 0.15) is 42.7 Å². The van der Waals surface area contributed by atoms with Gasteiger partial charge in [0.1, 0.15) is 11.6 Å². The number of nitrogens with zero attached hydrogens (tertiary/aromatic N) is 4. The topological polar surface area (TPSA) is 57.7 Å². The van der Waals surface area contributed by atoms with Crippen molar-refractivity contribution in [3.63, 3.8) is 0 Å². The first kappa shape index (κ1) is 15.6. The summed E-state index contributed by atoms with van der Waals surface area (Å²) in [5.74, 6) is 2.22. The maximum absolute atomic E-state index is 4.65. The van der Waals surface area contributed by atoms with Gasteiger partial charge >= 0.3 is 0 Å². The molecule has 0 saturated carbocycles. The van der Waals surface area contributed by atoms with E-state index in [1.54, 1.807) is 0 Å². The second kappa shape index (κ2) is 6.46. The van der Waals surface area contributed by atoms with Gasteiger partial charge in [0.15, 0.2) is 0 Å². The number of benzene rings is 1. The van der Waals surface area contributed by atoms with Gasteiger partial charge in [-0.3, -0.25) is 4.90 Å². The van der Waals surface area contributed by atoms with Gasteiger partial charge in [-0.15, -0.1) is 0 Å². The number of H-pyrrole nitrogens is 1. The summed E-state index contributed by atoms with van der Waals surface area (Å²) in [6.45, 7) is 7.85. The Kier molecular flexibility index (Phi) is 4.39. The lowest BCUT2D eigenvalue weighted by molar-refractivity contribution is 0.307. The van der Waals surface area contributed by atoms with Crippen LogP contribution in [0.3, 0.4) is 0 Å². The average Bonchev–Trinajstić information content (AvgIpc) is 2.88. The van der Waals surface area contributed by atoms with Crippen LogP contribution in [0.4, 0.5) is 0 Å². The Hall–Kier alpha value is -2.27. The second-order valence-corrected chi connectivity index (χ2v) is 6.44. The highest BCUT2D eigenvalue weighted by molar-refractivity contribution is 5.75. The molecule has 0 aliphatic rings. The standard InChI is InChI=1S/C18H23N5/c1-12(2)18-19-8-7-14(20-18)10-23(4)11-17-21-15-6-5-13(3)9-16(15)22-17/h5-9,12H,10-11H2,1-4H3,(H,21,22). The van der Waals surface area contributed by atoms with Crippen LogP contribution in [0.5, 0.6) is 0 Å². The summed E-state index contributed by atoms with van der Waals surface area (Å²) in [4.78, 5) is 19.2. The molecule has 0 spiro atoms. The molecule has 0 bridgehead atoms. The summed E-state index contributed by atoms with van der Waals surface area (Å²) in [5.41, 5.74) is 4.39. The predicted octanol–water partition coefficient (Wildman–Crippen LogP) is 3.42. The van der Waals surface area contributed by atoms with E-state index < -0.39 is 0 Å². The van der Waals surface area contributed by atoms with Crippen LogP contribution in [-0.2, 0) is 13.1 Å². The van der Waals surface area contributed by atoms with Gasteiger partial charge in [0.05, 0.1) is 23.3 Å². The summed E-state index contributed by atoms with van der Waals surface area (Å²) in [7, 11) is 2.08. The summed E-state index contributed by atoms with van der Waals surface area (Å²) in [6.07, 6.45) is 1.84. The molecule has 2 heterocycles. The van der Waals surface area contributed by atoms with Gasteiger partial charge < -0.3 is 4.98 Å². The highest BCUT2D eigenvalue weighted by atomic mass is 15.1. The maximum atomic E-state index is 4.65. The molecule has 0 unspecified atom stereocenters. The number of nitrogens with one attached hydrogen (secondary N) is 1. The third kappa shape index (κ3) is 3.74. The molecule has 2 aromatic heterocycles. The van der Waals surface area contributed by atoms with E-state index in [1.165, 1.54) is 5.56 Å². The number of aromatic nitrogens is 4. The first-order valence-electron chi connectivity index (χ1n) is 7.97. The fourth-order valence-electron chi connectivity index (χ4n) is 2.62. The van der Waals surface area contributed by atoms with Gasteiger partial charge in [-0.25, -0.2) is 15.0 Å². The minimum atomic E-state index is 0.346. The minimum Gasteiger partial charge on any atom is -0.341 e. The van der Waals surface area contributed by atoms with E-state index >= 15 is 0 Å². The molecule has 0 amide bonds. The van der Waals surface area contributed by atoms with Crippen LogP contribution < -0.4 is 0 Å². The number of aromatic amines is 1. The van der Waals surface area contributed by atoms with Crippen LogP contribution in [0.15, 0.2) is 30.5 Å². The second-order valence-electron chi connectivity index (χ2n) is 6.44. The molecular weight excluding hydrogens is 286 g/mol. The first-order valence-corrected chi connectivity index (χ1v) is 7.97. The molecule has 3 rings (SSSR count). The summed E-state index contributed by atoms with van der Waals surface area (Å²) >= 11 is 0. The Labute approximate surface area is 136 Å². The Morgan fingerprint density at radius 2 is 1.96 bits per heavy atom. The summed E-state index contributed by atoms with van der Waals surface area (Å²) in [5, 5.41) is 0. The van der Waals surface area contributed by atoms with Crippen molar-refractivity contribution in [1.29, 1.82) is 0 Å². The quantitative estimate of drug-likeness (QED) is 0.784. The van der Waals surface area contributed by atoms with Gasteiger partial charge in [-0.2, -0.15) is 0 Å². The third-order valence-corrected chi connectivity index (χ3v) is 3.79. The molecule has 0 fully saturated rings. The van der Waals surface area contributed by atoms with E-state index in [4.69, 9.17) is 0 Å². The Balaban J connectivity index is 1.70. The number of hydrogen-bond acceptors (Lipinski definition) is 4. The maximum Gasteiger partial charge on any atom is 0.131 e. The van der Waals surface area contributed by atoms with E-state index in [-0.39, 0.29) is 0 Å². The third-order valence-electron chi connectivity index (χ3n) is 3.79. The zero-order valence-electron chi connectivity index (χ0n) is 14.2. The molecule has 0 atom stereocenters. The van der Waals surface area contributed by atoms with Crippen molar-refractivity contribution in [3.05, 3.63) is 53.4 Å². The van der Waals surface area contributed by atoms with Crippen molar-refractivity contribution in [1.82, 2.24) is 24.8 Å². The van der Waals surface area contributed by atoms with Gasteiger partial charge in [0.2, 0.25) is 0 Å². The molecule has 5 heteroatoms. The molecule has 0 radical (unpaired) electrons. The Bertz CT molecular complexity index is 806. The fraction of sp³-hybridized carbons (Fsp3) is 0.389. The number of fused-ring (bicyclic) bond motifs is 1. The fourth-order valence-corrected chi connectivity index (χ4v) is 2.62. The zero-order chi connectivity index (χ0) is 16.4. The van der Waals surface area contributed by atoms with Gasteiger partial charge in [-0.05, 0) is 37.7 Å². The smallest absolute Gasteiger partial charge is 0.131 e. The molecule has 3 aromatic rings. The molecule has 0 aliphatic heterocycles. The number of aryl methyl sites for hydroxylation is 1. The van der Waals surface area contributed by atoms with Crippen LogP contribution in [0.2, 0.25) is 0 Å². The molecule has 5 nitrogen and oxygen atoms in total. The molecule has 1 N–H and O–H groups in total. The van der Waals surface area contributed by atoms with Gasteiger partial charge in [0.25, 0.3) is 0 Å². The lowest BCUT2D eigenvalue weighted by Gasteiger charge is -2.15. The SMILES string of the molecule is Cc1ccc2nc(CN(C)Cc3ccnc(C(C)C)n3)[nH]c2c1. The molecule has 23 heavy (non-hydrogen) atoms. The van der Waals surface area contributed by atoms with E-state index in [0.717, 1.165) is 41.5 Å². The zero-order valence-corrected chi connectivity index (χ0v) is 14.2. The van der Waals surface area contributed by atoms with Crippen molar-refractivity contribution in [2.45, 2.75) is 39.8 Å². The van der Waals surface area contributed by atoms with E-state index in [9.17, 15) is 0 Å². The largest absolute Gasteiger partial charge is 0.341 e. The predicted molar refractivity (Wildman–Crippen MR) is 92.1 cm³/mol. The van der Waals surface area contributed by atoms with Crippen LogP contribution in [-0.4, -0.2) is 31.9 Å². The van der Waals surface area contributed by atoms with Gasteiger partial charge in [-0.1, -0.05) is 19.9 Å². The molecule has 0 aliphatic carbocycles. The van der Waals surface area contributed by atoms with Crippen molar-refractivity contribution < 1.29 is 0 Å². The van der Waals surface area contributed by atoms with E-state index in [1.807, 2.05) is 12.3 Å². The summed E-state index contributed by atoms with van der Waals surface area (Å²) < 4.78 is 0. The number of rotatable bonds is 5. The number of imidazole rings is 1. The first-order chi connectivity index (χ1) is 11.0. The monoisotopic (exact) mass is 309 g/mol. The Morgan fingerprint density at radius 3 is 2.74 bits per heavy atom. The highest BCUT2D eigenvalue weighted by Gasteiger charge is 2.09. The van der Waals surface area contributed by atoms with Gasteiger partial charge in [0, 0.05) is 18.7 Å². The van der Waals surface area contributed by atoms with Crippen molar-refractivity contribution >= 4 is 11.0 Å². The van der Waals surface area contributed by atoms with Crippen LogP contribution in [0, 0.1) is 6.92 Å². The molecule has 1 aromatic carbocycles. The van der Waals surface area contributed by atoms with Crippen LogP contribution in [0.25, 0.3) is 11.0 Å². The lowest BCUT2D eigenvalue weighted by Crippen LogP contribution is -2.19. The molecular formula is C18H23N5. The lowest BCUT2D eigenvalue weighted by atomic mass is 10.2. The molecule has 0 saturated heterocycles. The van der Waals surface area contributed by atoms with Crippen molar-refractivity contribution in [3.8, 4) is 0 Å². The molecule has 120 valence electrons. The van der Waals surface area contributed by atoms with E-state index in [2.05, 4.69) is 70.9 Å². The highest BCUT2D eigenvalue weighted by Crippen LogP contribution is 2.15. The van der Waals surface area contributed by atoms with Crippen molar-refractivity contribution in [2.75, 3.05) is 7.05 Å². The normalized spacial score (nSPS) is 11.7. The average molecular weight is 309 g/mol. The Morgan fingerprint density at radius 1 is 1.13 bits per heavy atom. The van der Waals surface area contributed by atoms with Crippen molar-refractivity contribution in [2.24, 2.45) is 0 Å². The minimum absolute atomic E-state index is 0.346. The van der Waals surface area contributed by atoms with E-state index in [0.29, 0.717) is 5.92 Å². The van der Waals surface area contributed by atoms with Crippen LogP contribution >= 0.6 is 0 Å². The number of hydrogen-bond donors (Lipinski definition) is 1. The summed E-state index contributed by atoms with van der Waals surface area (Å²) in [6, 6.07) is 8.25.